The molecule has 0 radical (unpaired) electrons. The van der Waals surface area contributed by atoms with Crippen LogP contribution in [-0.4, -0.2) is 34.4 Å². The Labute approximate surface area is 143 Å². The summed E-state index contributed by atoms with van der Waals surface area (Å²) in [7, 11) is 0. The highest BCUT2D eigenvalue weighted by molar-refractivity contribution is 5.97. The van der Waals surface area contributed by atoms with Crippen LogP contribution in [-0.2, 0) is 4.74 Å². The van der Waals surface area contributed by atoms with Crippen molar-refractivity contribution in [1.29, 1.82) is 0 Å². The first kappa shape index (κ1) is 17.2. The number of fused-ring (bicyclic) bond motifs is 1. The smallest absolute Gasteiger partial charge is 0.263 e. The second kappa shape index (κ2) is 7.52. The van der Waals surface area contributed by atoms with Crippen molar-refractivity contribution >= 4 is 16.9 Å². The van der Waals surface area contributed by atoms with E-state index in [1.165, 1.54) is 18.5 Å². The summed E-state index contributed by atoms with van der Waals surface area (Å²) < 4.78 is 37.7. The third-order valence-corrected chi connectivity index (χ3v) is 3.47. The number of ether oxygens (including phenoxy) is 1. The van der Waals surface area contributed by atoms with Crippen molar-refractivity contribution in [2.45, 2.75) is 26.4 Å². The minimum absolute atomic E-state index is 0.179. The van der Waals surface area contributed by atoms with E-state index in [2.05, 4.69) is 20.4 Å². The number of halogens is 2. The number of anilines is 1. The predicted molar refractivity (Wildman–Crippen MR) is 89.1 cm³/mol. The van der Waals surface area contributed by atoms with Crippen molar-refractivity contribution < 1.29 is 18.0 Å². The van der Waals surface area contributed by atoms with Crippen molar-refractivity contribution in [2.75, 3.05) is 18.5 Å². The van der Waals surface area contributed by atoms with Gasteiger partial charge in [0.1, 0.15) is 34.9 Å². The summed E-state index contributed by atoms with van der Waals surface area (Å²) in [6.07, 6.45) is 2.30. The van der Waals surface area contributed by atoms with Gasteiger partial charge in [-0.2, -0.15) is 4.98 Å². The molecule has 0 aliphatic rings. The van der Waals surface area contributed by atoms with Crippen molar-refractivity contribution in [3.05, 3.63) is 36.2 Å². The molecule has 8 heteroatoms. The second-order valence-electron chi connectivity index (χ2n) is 5.79. The highest BCUT2D eigenvalue weighted by atomic mass is 19.1. The van der Waals surface area contributed by atoms with Gasteiger partial charge in [0.25, 0.3) is 5.71 Å². The third-order valence-electron chi connectivity index (χ3n) is 3.47. The van der Waals surface area contributed by atoms with Crippen LogP contribution < -0.4 is 5.32 Å². The quantitative estimate of drug-likeness (QED) is 0.655. The predicted octanol–water partition coefficient (Wildman–Crippen LogP) is 3.79. The lowest BCUT2D eigenvalue weighted by molar-refractivity contribution is 0.0787. The molecular weight excluding hydrogens is 330 g/mol. The number of aromatic nitrogens is 3. The average Bonchev–Trinajstić information content (AvgIpc) is 2.98. The van der Waals surface area contributed by atoms with Crippen LogP contribution in [0, 0.1) is 11.6 Å². The van der Waals surface area contributed by atoms with E-state index in [4.69, 9.17) is 9.26 Å². The molecule has 3 aromatic rings. The fourth-order valence-electron chi connectivity index (χ4n) is 2.41. The zero-order valence-corrected chi connectivity index (χ0v) is 13.9. The van der Waals surface area contributed by atoms with Crippen molar-refractivity contribution in [2.24, 2.45) is 0 Å². The molecule has 0 saturated heterocycles. The Morgan fingerprint density at radius 3 is 2.64 bits per heavy atom. The first-order valence-electron chi connectivity index (χ1n) is 7.97. The van der Waals surface area contributed by atoms with E-state index >= 15 is 0 Å². The number of hydrogen-bond acceptors (Lipinski definition) is 6. The first-order valence-corrected chi connectivity index (χ1v) is 7.97. The normalized spacial score (nSPS) is 11.4. The molecule has 0 aliphatic carbocycles. The van der Waals surface area contributed by atoms with Crippen molar-refractivity contribution in [3.8, 4) is 11.3 Å². The highest BCUT2D eigenvalue weighted by Gasteiger charge is 2.17. The molecule has 0 fully saturated rings. The maximum absolute atomic E-state index is 13.5. The van der Waals surface area contributed by atoms with E-state index in [1.807, 2.05) is 13.8 Å². The van der Waals surface area contributed by atoms with E-state index in [0.717, 1.165) is 12.5 Å². The molecule has 1 N–H and O–H groups in total. The Morgan fingerprint density at radius 1 is 1.16 bits per heavy atom. The Bertz CT molecular complexity index is 847. The third kappa shape index (κ3) is 4.08. The number of nitrogens with zero attached hydrogens (tertiary/aromatic N) is 3. The number of benzene rings is 1. The van der Waals surface area contributed by atoms with Gasteiger partial charge < -0.3 is 14.6 Å². The maximum Gasteiger partial charge on any atom is 0.263 e. The van der Waals surface area contributed by atoms with Crippen LogP contribution in [0.5, 0.6) is 0 Å². The van der Waals surface area contributed by atoms with Gasteiger partial charge in [-0.3, -0.25) is 0 Å². The van der Waals surface area contributed by atoms with Crippen LogP contribution in [0.25, 0.3) is 22.4 Å². The molecule has 0 saturated carbocycles. The van der Waals surface area contributed by atoms with Gasteiger partial charge in [-0.15, -0.1) is 0 Å². The van der Waals surface area contributed by atoms with Gasteiger partial charge in [0.15, 0.2) is 0 Å². The van der Waals surface area contributed by atoms with Crippen LogP contribution in [0.15, 0.2) is 29.0 Å². The first-order chi connectivity index (χ1) is 12.0. The SMILES string of the molecule is CC(C)OCCCNc1ncnc2onc(-c3cc(F)cc(F)c3)c12. The van der Waals surface area contributed by atoms with E-state index in [-0.39, 0.29) is 23.1 Å². The molecule has 0 bridgehead atoms. The molecule has 3 rings (SSSR count). The van der Waals surface area contributed by atoms with Gasteiger partial charge in [0, 0.05) is 24.8 Å². The maximum atomic E-state index is 13.5. The summed E-state index contributed by atoms with van der Waals surface area (Å²) >= 11 is 0. The van der Waals surface area contributed by atoms with E-state index < -0.39 is 11.6 Å². The summed E-state index contributed by atoms with van der Waals surface area (Å²) in [6.45, 7) is 5.18. The largest absolute Gasteiger partial charge is 0.379 e. The number of hydrogen-bond donors (Lipinski definition) is 1. The fraction of sp³-hybridized carbons (Fsp3) is 0.353. The lowest BCUT2D eigenvalue weighted by Crippen LogP contribution is -2.10. The molecule has 1 aromatic carbocycles. The van der Waals surface area contributed by atoms with Gasteiger partial charge in [-0.1, -0.05) is 5.16 Å². The topological polar surface area (TPSA) is 73.1 Å². The molecule has 6 nitrogen and oxygen atoms in total. The Morgan fingerprint density at radius 2 is 1.92 bits per heavy atom. The Balaban J connectivity index is 1.86. The van der Waals surface area contributed by atoms with Crippen LogP contribution >= 0.6 is 0 Å². The lowest BCUT2D eigenvalue weighted by Gasteiger charge is -2.09. The van der Waals surface area contributed by atoms with E-state index in [9.17, 15) is 8.78 Å². The van der Waals surface area contributed by atoms with Crippen LogP contribution in [0.4, 0.5) is 14.6 Å². The van der Waals surface area contributed by atoms with Crippen LogP contribution in [0.1, 0.15) is 20.3 Å². The number of rotatable bonds is 7. The van der Waals surface area contributed by atoms with E-state index in [0.29, 0.717) is 24.4 Å². The minimum Gasteiger partial charge on any atom is -0.379 e. The summed E-state index contributed by atoms with van der Waals surface area (Å²) in [5, 5.41) is 7.55. The van der Waals surface area contributed by atoms with E-state index in [1.54, 1.807) is 0 Å². The molecule has 0 atom stereocenters. The lowest BCUT2D eigenvalue weighted by atomic mass is 10.1. The molecule has 0 aliphatic heterocycles. The Hall–Kier alpha value is -2.61. The molecule has 0 unspecified atom stereocenters. The summed E-state index contributed by atoms with van der Waals surface area (Å²) in [6, 6.07) is 3.18. The molecule has 25 heavy (non-hydrogen) atoms. The summed E-state index contributed by atoms with van der Waals surface area (Å²) in [5.41, 5.74) is 0.794. The monoisotopic (exact) mass is 348 g/mol. The average molecular weight is 348 g/mol. The van der Waals surface area contributed by atoms with Gasteiger partial charge in [-0.05, 0) is 32.4 Å². The van der Waals surface area contributed by atoms with Gasteiger partial charge in [0.05, 0.1) is 6.10 Å². The summed E-state index contributed by atoms with van der Waals surface area (Å²) in [5.74, 6) is -0.887. The van der Waals surface area contributed by atoms with Gasteiger partial charge >= 0.3 is 0 Å². The molecule has 132 valence electrons. The molecule has 2 heterocycles. The standard InChI is InChI=1S/C17H18F2N4O2/c1-10(2)24-5-3-4-20-16-14-15(23-25-17(14)22-9-21-16)11-6-12(18)8-13(19)7-11/h6-10H,3-5H2,1-2H3,(H,20,21,22). The van der Waals surface area contributed by atoms with Crippen molar-refractivity contribution in [1.82, 2.24) is 15.1 Å². The van der Waals surface area contributed by atoms with Gasteiger partial charge in [-0.25, -0.2) is 13.8 Å². The fourth-order valence-corrected chi connectivity index (χ4v) is 2.41. The molecular formula is C17H18F2N4O2. The number of nitrogens with one attached hydrogen (secondary N) is 1. The highest BCUT2D eigenvalue weighted by Crippen LogP contribution is 2.31. The molecule has 0 amide bonds. The molecule has 0 spiro atoms. The molecule has 2 aromatic heterocycles. The second-order valence-corrected chi connectivity index (χ2v) is 5.79. The van der Waals surface area contributed by atoms with Crippen molar-refractivity contribution in [3.63, 3.8) is 0 Å². The minimum atomic E-state index is -0.691. The Kier molecular flexibility index (Phi) is 5.18. The van der Waals surface area contributed by atoms with Crippen LogP contribution in [0.3, 0.4) is 0 Å². The van der Waals surface area contributed by atoms with Crippen LogP contribution in [0.2, 0.25) is 0 Å². The summed E-state index contributed by atoms with van der Waals surface area (Å²) in [4.78, 5) is 8.20. The zero-order chi connectivity index (χ0) is 17.8. The van der Waals surface area contributed by atoms with Gasteiger partial charge in [0.2, 0.25) is 0 Å². The zero-order valence-electron chi connectivity index (χ0n) is 13.9.